The van der Waals surface area contributed by atoms with Crippen molar-refractivity contribution in [2.75, 3.05) is 19.0 Å². The summed E-state index contributed by atoms with van der Waals surface area (Å²) >= 11 is 0. The van der Waals surface area contributed by atoms with Gasteiger partial charge in [-0.2, -0.15) is 15.0 Å². The van der Waals surface area contributed by atoms with Crippen LogP contribution < -0.4 is 9.63 Å². The van der Waals surface area contributed by atoms with Crippen molar-refractivity contribution in [2.45, 2.75) is 13.8 Å². The fraction of sp³-hybridized carbons (Fsp3) is 0.267. The Hall–Kier alpha value is -2.43. The van der Waals surface area contributed by atoms with E-state index in [0.717, 1.165) is 16.0 Å². The van der Waals surface area contributed by atoms with E-state index in [4.69, 9.17) is 0 Å². The van der Waals surface area contributed by atoms with Gasteiger partial charge in [-0.05, 0) is 37.1 Å². The van der Waals surface area contributed by atoms with Gasteiger partial charge < -0.3 is 10.1 Å². The molecule has 2 rings (SSSR count). The molecule has 0 aliphatic heterocycles. The molecule has 0 amide bonds. The Morgan fingerprint density at radius 1 is 0.950 bits per heavy atom. The van der Waals surface area contributed by atoms with Gasteiger partial charge in [0.25, 0.3) is 0 Å². The molecule has 2 aromatic rings. The van der Waals surface area contributed by atoms with Crippen LogP contribution in [0.3, 0.4) is 0 Å². The number of anilines is 1. The van der Waals surface area contributed by atoms with Gasteiger partial charge in [-0.1, -0.05) is 0 Å². The lowest BCUT2D eigenvalue weighted by Crippen LogP contribution is -2.22. The van der Waals surface area contributed by atoms with E-state index < -0.39 is 0 Å². The summed E-state index contributed by atoms with van der Waals surface area (Å²) in [5.74, 6) is 0. The topological polar surface area (TPSA) is 54.9 Å². The van der Waals surface area contributed by atoms with Crippen LogP contribution in [0.1, 0.15) is 11.1 Å². The van der Waals surface area contributed by atoms with Crippen molar-refractivity contribution in [1.29, 1.82) is 0 Å². The molecule has 5 nitrogen and oxygen atoms in total. The molecule has 5 heteroatoms. The summed E-state index contributed by atoms with van der Waals surface area (Å²) in [4.78, 5) is 2.08. The molecule has 0 saturated carbocycles. The summed E-state index contributed by atoms with van der Waals surface area (Å²) in [5, 5.41) is 19.4. The Labute approximate surface area is 118 Å². The molecule has 1 heterocycles. The van der Waals surface area contributed by atoms with Crippen molar-refractivity contribution in [3.8, 4) is 0 Å². The molecule has 0 radical (unpaired) electrons. The van der Waals surface area contributed by atoms with Crippen LogP contribution in [0.5, 0.6) is 0 Å². The van der Waals surface area contributed by atoms with Gasteiger partial charge in [-0.15, -0.1) is 0 Å². The van der Waals surface area contributed by atoms with Gasteiger partial charge in [0.15, 0.2) is 12.4 Å². The average Bonchev–Trinajstić information content (AvgIpc) is 2.42. The number of aromatic nitrogens is 1. The number of azo groups is 1. The van der Waals surface area contributed by atoms with Gasteiger partial charge in [0.1, 0.15) is 0 Å². The van der Waals surface area contributed by atoms with Crippen LogP contribution in [0.2, 0.25) is 0 Å². The monoisotopic (exact) mass is 270 g/mol. The highest BCUT2D eigenvalue weighted by Gasteiger charge is 2.07. The van der Waals surface area contributed by atoms with Gasteiger partial charge in [0.05, 0.1) is 11.4 Å². The minimum absolute atomic E-state index is 0.658. The molecule has 0 aliphatic carbocycles. The SMILES string of the molecule is Cc1c(N=Nc2cc[n+]([O-])cc2)ccc(N(C)C)c1C. The van der Waals surface area contributed by atoms with E-state index in [1.54, 1.807) is 12.1 Å². The maximum Gasteiger partial charge on any atom is 0.182 e. The Morgan fingerprint density at radius 3 is 2.20 bits per heavy atom. The molecule has 0 N–H and O–H groups in total. The van der Waals surface area contributed by atoms with Crippen molar-refractivity contribution in [1.82, 2.24) is 0 Å². The zero-order valence-corrected chi connectivity index (χ0v) is 12.2. The smallest absolute Gasteiger partial charge is 0.182 e. The summed E-state index contributed by atoms with van der Waals surface area (Å²) in [5.41, 5.74) is 4.97. The lowest BCUT2D eigenvalue weighted by molar-refractivity contribution is -0.605. The fourth-order valence-corrected chi connectivity index (χ4v) is 1.97. The zero-order valence-electron chi connectivity index (χ0n) is 12.2. The van der Waals surface area contributed by atoms with E-state index >= 15 is 0 Å². The predicted octanol–water partition coefficient (Wildman–Crippen LogP) is 3.42. The summed E-state index contributed by atoms with van der Waals surface area (Å²) in [7, 11) is 4.04. The minimum atomic E-state index is 0.658. The van der Waals surface area contributed by atoms with E-state index in [0.29, 0.717) is 5.69 Å². The molecule has 20 heavy (non-hydrogen) atoms. The standard InChI is InChI=1S/C15H18N4O/c1-11-12(2)15(18(3)4)6-5-14(11)17-16-13-7-9-19(20)10-8-13/h5-10H,1-4H3. The minimum Gasteiger partial charge on any atom is -0.619 e. The van der Waals surface area contributed by atoms with Crippen LogP contribution in [-0.4, -0.2) is 14.1 Å². The van der Waals surface area contributed by atoms with Gasteiger partial charge in [0.2, 0.25) is 0 Å². The van der Waals surface area contributed by atoms with Crippen LogP contribution in [0.25, 0.3) is 0 Å². The highest BCUT2D eigenvalue weighted by atomic mass is 16.5. The highest BCUT2D eigenvalue weighted by molar-refractivity contribution is 5.63. The number of nitrogens with zero attached hydrogens (tertiary/aromatic N) is 4. The number of benzene rings is 1. The molecule has 1 aromatic heterocycles. The molecule has 0 atom stereocenters. The molecule has 104 valence electrons. The quantitative estimate of drug-likeness (QED) is 0.487. The van der Waals surface area contributed by atoms with E-state index in [2.05, 4.69) is 22.1 Å². The Kier molecular flexibility index (Phi) is 3.98. The zero-order chi connectivity index (χ0) is 14.7. The summed E-state index contributed by atoms with van der Waals surface area (Å²) in [6.45, 7) is 4.11. The number of rotatable bonds is 3. The molecule has 0 bridgehead atoms. The van der Waals surface area contributed by atoms with Crippen LogP contribution in [0.15, 0.2) is 46.9 Å². The Balaban J connectivity index is 2.30. The third-order valence-electron chi connectivity index (χ3n) is 3.27. The lowest BCUT2D eigenvalue weighted by atomic mass is 10.1. The van der Waals surface area contributed by atoms with E-state index in [-0.39, 0.29) is 0 Å². The number of hydrogen-bond acceptors (Lipinski definition) is 4. The normalized spacial score (nSPS) is 11.0. The lowest BCUT2D eigenvalue weighted by Gasteiger charge is -2.17. The maximum atomic E-state index is 10.9. The first-order valence-electron chi connectivity index (χ1n) is 6.37. The van der Waals surface area contributed by atoms with E-state index in [9.17, 15) is 5.21 Å². The first kappa shape index (κ1) is 14.0. The van der Waals surface area contributed by atoms with Crippen LogP contribution >= 0.6 is 0 Å². The summed E-state index contributed by atoms with van der Waals surface area (Å²) in [6.07, 6.45) is 2.81. The molecular weight excluding hydrogens is 252 g/mol. The second kappa shape index (κ2) is 5.69. The van der Waals surface area contributed by atoms with Crippen molar-refractivity contribution in [2.24, 2.45) is 10.2 Å². The van der Waals surface area contributed by atoms with E-state index in [1.807, 2.05) is 33.2 Å². The van der Waals surface area contributed by atoms with Gasteiger partial charge in [-0.25, -0.2) is 0 Å². The predicted molar refractivity (Wildman–Crippen MR) is 79.8 cm³/mol. The van der Waals surface area contributed by atoms with Crippen LogP contribution in [0, 0.1) is 19.1 Å². The third-order valence-corrected chi connectivity index (χ3v) is 3.27. The Morgan fingerprint density at radius 2 is 1.60 bits per heavy atom. The van der Waals surface area contributed by atoms with Crippen molar-refractivity contribution in [3.05, 3.63) is 53.0 Å². The molecule has 0 unspecified atom stereocenters. The second-order valence-corrected chi connectivity index (χ2v) is 4.86. The van der Waals surface area contributed by atoms with Crippen LogP contribution in [0.4, 0.5) is 17.1 Å². The van der Waals surface area contributed by atoms with Gasteiger partial charge in [0, 0.05) is 31.9 Å². The van der Waals surface area contributed by atoms with E-state index in [1.165, 1.54) is 23.6 Å². The number of hydrogen-bond donors (Lipinski definition) is 0. The van der Waals surface area contributed by atoms with Gasteiger partial charge >= 0.3 is 0 Å². The average molecular weight is 270 g/mol. The largest absolute Gasteiger partial charge is 0.619 e. The van der Waals surface area contributed by atoms with Crippen molar-refractivity contribution in [3.63, 3.8) is 0 Å². The highest BCUT2D eigenvalue weighted by Crippen LogP contribution is 2.30. The van der Waals surface area contributed by atoms with Gasteiger partial charge in [-0.3, -0.25) is 0 Å². The van der Waals surface area contributed by atoms with Crippen LogP contribution in [-0.2, 0) is 0 Å². The number of pyridine rings is 1. The molecule has 1 aromatic carbocycles. The first-order chi connectivity index (χ1) is 9.49. The summed E-state index contributed by atoms with van der Waals surface area (Å²) < 4.78 is 0.723. The third kappa shape index (κ3) is 2.93. The molecular formula is C15H18N4O. The molecule has 0 saturated heterocycles. The molecule has 0 fully saturated rings. The Bertz CT molecular complexity index is 633. The van der Waals surface area contributed by atoms with Crippen molar-refractivity contribution < 1.29 is 4.73 Å². The second-order valence-electron chi connectivity index (χ2n) is 4.86. The fourth-order valence-electron chi connectivity index (χ4n) is 1.97. The molecule has 0 aliphatic rings. The first-order valence-corrected chi connectivity index (χ1v) is 6.37. The maximum absolute atomic E-state index is 10.9. The van der Waals surface area contributed by atoms with Crippen molar-refractivity contribution >= 4 is 17.1 Å². The summed E-state index contributed by atoms with van der Waals surface area (Å²) in [6, 6.07) is 7.25. The molecule has 0 spiro atoms.